The molecule has 0 aliphatic carbocycles. The molecule has 0 amide bonds. The van der Waals surface area contributed by atoms with Crippen LogP contribution in [0.25, 0.3) is 0 Å². The van der Waals surface area contributed by atoms with Crippen molar-refractivity contribution >= 4 is 6.16 Å². The van der Waals surface area contributed by atoms with Crippen molar-refractivity contribution in [3.8, 4) is 0 Å². The van der Waals surface area contributed by atoms with E-state index < -0.39 is 12.3 Å². The van der Waals surface area contributed by atoms with Gasteiger partial charge in [0.1, 0.15) is 12.7 Å². The van der Waals surface area contributed by atoms with Gasteiger partial charge in [-0.15, -0.1) is 0 Å². The fourth-order valence-electron chi connectivity index (χ4n) is 2.28. The molecule has 2 aromatic rings. The van der Waals surface area contributed by atoms with Gasteiger partial charge in [-0.25, -0.2) is 4.79 Å². The van der Waals surface area contributed by atoms with Gasteiger partial charge in [0.25, 0.3) is 0 Å². The van der Waals surface area contributed by atoms with Gasteiger partial charge in [-0.05, 0) is 11.1 Å². The number of carbonyl (C=O) groups excluding carboxylic acids is 1. The molecule has 0 N–H and O–H groups in total. The molecule has 2 rings (SSSR count). The number of benzene rings is 2. The lowest BCUT2D eigenvalue weighted by Crippen LogP contribution is -2.19. The Kier molecular flexibility index (Phi) is 7.26. The van der Waals surface area contributed by atoms with Gasteiger partial charge in [0.15, 0.2) is 6.10 Å². The van der Waals surface area contributed by atoms with E-state index in [1.165, 1.54) is 0 Å². The molecule has 0 aliphatic heterocycles. The maximum atomic E-state index is 12.0. The van der Waals surface area contributed by atoms with Crippen LogP contribution in [0.1, 0.15) is 23.3 Å². The van der Waals surface area contributed by atoms with Crippen molar-refractivity contribution in [3.63, 3.8) is 0 Å². The largest absolute Gasteiger partial charge is 0.509 e. The number of rotatable bonds is 8. The second kappa shape index (κ2) is 9.70. The Morgan fingerprint density at radius 3 is 1.88 bits per heavy atom. The lowest BCUT2D eigenvalue weighted by atomic mass is 10.1. The van der Waals surface area contributed by atoms with Crippen molar-refractivity contribution in [1.29, 1.82) is 0 Å². The molecule has 24 heavy (non-hydrogen) atoms. The summed E-state index contributed by atoms with van der Waals surface area (Å²) in [7, 11) is 3.13. The zero-order valence-electron chi connectivity index (χ0n) is 13.9. The molecule has 0 radical (unpaired) electrons. The van der Waals surface area contributed by atoms with Gasteiger partial charge < -0.3 is 18.9 Å². The van der Waals surface area contributed by atoms with Crippen LogP contribution in [0.15, 0.2) is 60.7 Å². The maximum absolute atomic E-state index is 12.0. The minimum atomic E-state index is -0.751. The predicted molar refractivity (Wildman–Crippen MR) is 89.7 cm³/mol. The molecular weight excluding hydrogens is 308 g/mol. The lowest BCUT2D eigenvalue weighted by molar-refractivity contribution is -0.0303. The van der Waals surface area contributed by atoms with Crippen LogP contribution in [0, 0.1) is 0 Å². The van der Waals surface area contributed by atoms with Crippen molar-refractivity contribution < 1.29 is 23.7 Å². The van der Waals surface area contributed by atoms with Gasteiger partial charge in [0.05, 0.1) is 6.61 Å². The van der Waals surface area contributed by atoms with Crippen LogP contribution in [0.4, 0.5) is 4.79 Å². The average Bonchev–Trinajstić information content (AvgIpc) is 2.63. The second-order valence-corrected chi connectivity index (χ2v) is 5.17. The van der Waals surface area contributed by atoms with Gasteiger partial charge in [0, 0.05) is 14.2 Å². The summed E-state index contributed by atoms with van der Waals surface area (Å²) in [6, 6.07) is 19.0. The average molecular weight is 330 g/mol. The van der Waals surface area contributed by atoms with Crippen molar-refractivity contribution in [2.24, 2.45) is 0 Å². The molecule has 0 bridgehead atoms. The van der Waals surface area contributed by atoms with Crippen molar-refractivity contribution in [2.45, 2.75) is 12.2 Å². The molecule has 0 fully saturated rings. The first-order valence-corrected chi connectivity index (χ1v) is 7.69. The van der Waals surface area contributed by atoms with Crippen molar-refractivity contribution in [3.05, 3.63) is 71.8 Å². The van der Waals surface area contributed by atoms with Gasteiger partial charge in [-0.1, -0.05) is 60.7 Å². The van der Waals surface area contributed by atoms with Crippen LogP contribution < -0.4 is 0 Å². The standard InChI is InChI=1S/C19H22O5/c1-21-13-18(16-11-7-4-8-12-16)24-19(20)23-14-17(22-2)15-9-5-3-6-10-15/h3-12,17-18H,13-14H2,1-2H3/t17-,18-/m1/s1. The third kappa shape index (κ3) is 5.37. The molecule has 0 aliphatic rings. The molecule has 5 heteroatoms. The maximum Gasteiger partial charge on any atom is 0.509 e. The summed E-state index contributed by atoms with van der Waals surface area (Å²) in [6.07, 6.45) is -1.60. The molecule has 0 aromatic heterocycles. The highest BCUT2D eigenvalue weighted by Crippen LogP contribution is 2.20. The third-order valence-corrected chi connectivity index (χ3v) is 3.54. The Morgan fingerprint density at radius 1 is 0.833 bits per heavy atom. The summed E-state index contributed by atoms with van der Waals surface area (Å²) in [6.45, 7) is 0.333. The summed E-state index contributed by atoms with van der Waals surface area (Å²) >= 11 is 0. The van der Waals surface area contributed by atoms with Crippen LogP contribution in [-0.4, -0.2) is 33.6 Å². The molecule has 2 aromatic carbocycles. The number of methoxy groups -OCH3 is 2. The first-order chi connectivity index (χ1) is 11.7. The zero-order valence-corrected chi connectivity index (χ0v) is 13.9. The van der Waals surface area contributed by atoms with Crippen molar-refractivity contribution in [1.82, 2.24) is 0 Å². The highest BCUT2D eigenvalue weighted by Gasteiger charge is 2.19. The first kappa shape index (κ1) is 18.0. The molecule has 5 nitrogen and oxygen atoms in total. The highest BCUT2D eigenvalue weighted by molar-refractivity contribution is 5.60. The first-order valence-electron chi connectivity index (χ1n) is 7.69. The van der Waals surface area contributed by atoms with E-state index >= 15 is 0 Å². The molecule has 2 atom stereocenters. The van der Waals surface area contributed by atoms with Crippen LogP contribution in [-0.2, 0) is 18.9 Å². The normalized spacial score (nSPS) is 13.1. The van der Waals surface area contributed by atoms with Crippen LogP contribution in [0.5, 0.6) is 0 Å². The number of hydrogen-bond donors (Lipinski definition) is 0. The fourth-order valence-corrected chi connectivity index (χ4v) is 2.28. The van der Waals surface area contributed by atoms with Crippen LogP contribution in [0.3, 0.4) is 0 Å². The summed E-state index contributed by atoms with van der Waals surface area (Å²) in [5.74, 6) is 0. The summed E-state index contributed by atoms with van der Waals surface area (Å²) < 4.78 is 21.1. The van der Waals surface area contributed by atoms with E-state index in [4.69, 9.17) is 18.9 Å². The Bertz CT molecular complexity index is 600. The quantitative estimate of drug-likeness (QED) is 0.687. The van der Waals surface area contributed by atoms with Gasteiger partial charge in [-0.3, -0.25) is 0 Å². The molecule has 128 valence electrons. The second-order valence-electron chi connectivity index (χ2n) is 5.17. The highest BCUT2D eigenvalue weighted by atomic mass is 16.7. The topological polar surface area (TPSA) is 54.0 Å². The van der Waals surface area contributed by atoms with Gasteiger partial charge in [-0.2, -0.15) is 0 Å². The van der Waals surface area contributed by atoms with Gasteiger partial charge >= 0.3 is 6.16 Å². The van der Waals surface area contributed by atoms with E-state index in [1.54, 1.807) is 14.2 Å². The molecule has 0 saturated heterocycles. The SMILES string of the molecule is COC[C@@H](OC(=O)OC[C@@H](OC)c1ccccc1)c1ccccc1. The summed E-state index contributed by atoms with van der Waals surface area (Å²) in [5, 5.41) is 0. The number of carbonyl (C=O) groups is 1. The minimum absolute atomic E-state index is 0.0772. The van der Waals surface area contributed by atoms with E-state index in [0.29, 0.717) is 0 Å². The number of hydrogen-bond acceptors (Lipinski definition) is 5. The lowest BCUT2D eigenvalue weighted by Gasteiger charge is -2.19. The zero-order chi connectivity index (χ0) is 17.2. The fraction of sp³-hybridized carbons (Fsp3) is 0.316. The third-order valence-electron chi connectivity index (χ3n) is 3.54. The van der Waals surface area contributed by atoms with E-state index in [0.717, 1.165) is 11.1 Å². The van der Waals surface area contributed by atoms with E-state index in [-0.39, 0.29) is 19.3 Å². The smallest absolute Gasteiger partial charge is 0.431 e. The monoisotopic (exact) mass is 330 g/mol. The predicted octanol–water partition coefficient (Wildman–Crippen LogP) is 3.92. The summed E-state index contributed by atoms with van der Waals surface area (Å²) in [5.41, 5.74) is 1.78. The minimum Gasteiger partial charge on any atom is -0.431 e. The Hall–Kier alpha value is -2.37. The van der Waals surface area contributed by atoms with Crippen LogP contribution in [0.2, 0.25) is 0 Å². The molecule has 0 spiro atoms. The molecular formula is C19H22O5. The molecule has 0 unspecified atom stereocenters. The van der Waals surface area contributed by atoms with E-state index in [2.05, 4.69) is 0 Å². The van der Waals surface area contributed by atoms with Crippen LogP contribution >= 0.6 is 0 Å². The Labute approximate surface area is 142 Å². The Balaban J connectivity index is 1.91. The van der Waals surface area contributed by atoms with E-state index in [1.807, 2.05) is 60.7 Å². The molecule has 0 heterocycles. The Morgan fingerprint density at radius 2 is 1.38 bits per heavy atom. The number of ether oxygens (including phenoxy) is 4. The summed E-state index contributed by atoms with van der Waals surface area (Å²) in [4.78, 5) is 12.0. The van der Waals surface area contributed by atoms with Gasteiger partial charge in [0.2, 0.25) is 0 Å². The molecule has 0 saturated carbocycles. The van der Waals surface area contributed by atoms with E-state index in [9.17, 15) is 4.79 Å². The van der Waals surface area contributed by atoms with Crippen molar-refractivity contribution in [2.75, 3.05) is 27.4 Å².